The molecule has 0 unspecified atom stereocenters. The number of fused-ring (bicyclic) bond motifs is 1. The van der Waals surface area contributed by atoms with E-state index in [0.29, 0.717) is 11.5 Å². The minimum absolute atomic E-state index is 0.437. The lowest BCUT2D eigenvalue weighted by Crippen LogP contribution is -1.88. The number of benzene rings is 1. The predicted octanol–water partition coefficient (Wildman–Crippen LogP) is 4.17. The van der Waals surface area contributed by atoms with Gasteiger partial charge in [-0.15, -0.1) is 0 Å². The molecule has 0 atom stereocenters. The van der Waals surface area contributed by atoms with Crippen LogP contribution in [0.3, 0.4) is 0 Å². The zero-order chi connectivity index (χ0) is 14.1. The second-order valence-electron chi connectivity index (χ2n) is 5.21. The maximum absolute atomic E-state index is 11.5. The fourth-order valence-electron chi connectivity index (χ4n) is 2.42. The molecule has 2 heterocycles. The van der Waals surface area contributed by atoms with Gasteiger partial charge in [-0.1, -0.05) is 26.0 Å². The smallest absolute Gasteiger partial charge is 0.152 e. The normalized spacial score (nSPS) is 11.2. The second-order valence-corrected chi connectivity index (χ2v) is 5.21. The molecule has 3 nitrogen and oxygen atoms in total. The van der Waals surface area contributed by atoms with Gasteiger partial charge in [0.15, 0.2) is 6.29 Å². The number of aromatic nitrogens is 2. The van der Waals surface area contributed by atoms with E-state index in [1.54, 1.807) is 6.20 Å². The summed E-state index contributed by atoms with van der Waals surface area (Å²) in [4.78, 5) is 19.1. The Hall–Kier alpha value is -2.42. The number of rotatable bonds is 3. The third kappa shape index (κ3) is 2.01. The van der Waals surface area contributed by atoms with Gasteiger partial charge < -0.3 is 4.98 Å². The molecule has 2 aromatic heterocycles. The van der Waals surface area contributed by atoms with E-state index in [-0.39, 0.29) is 0 Å². The van der Waals surface area contributed by atoms with Crippen molar-refractivity contribution in [3.05, 3.63) is 53.7 Å². The van der Waals surface area contributed by atoms with Gasteiger partial charge in [-0.3, -0.25) is 9.78 Å². The fourth-order valence-corrected chi connectivity index (χ4v) is 2.42. The van der Waals surface area contributed by atoms with Crippen LogP contribution >= 0.6 is 0 Å². The molecule has 0 saturated heterocycles. The molecule has 0 radical (unpaired) electrons. The van der Waals surface area contributed by atoms with Crippen molar-refractivity contribution in [1.29, 1.82) is 0 Å². The lowest BCUT2D eigenvalue weighted by atomic mass is 10.00. The van der Waals surface area contributed by atoms with Crippen molar-refractivity contribution >= 4 is 17.2 Å². The maximum Gasteiger partial charge on any atom is 0.152 e. The van der Waals surface area contributed by atoms with Crippen molar-refractivity contribution in [2.45, 2.75) is 19.8 Å². The molecule has 1 N–H and O–H groups in total. The summed E-state index contributed by atoms with van der Waals surface area (Å²) in [5.74, 6) is 0.437. The number of hydrogen-bond donors (Lipinski definition) is 1. The Labute approximate surface area is 117 Å². The van der Waals surface area contributed by atoms with E-state index in [1.165, 1.54) is 5.56 Å². The molecule has 0 amide bonds. The van der Waals surface area contributed by atoms with E-state index in [0.717, 1.165) is 28.6 Å². The summed E-state index contributed by atoms with van der Waals surface area (Å²) in [6.07, 6.45) is 2.64. The molecule has 0 aliphatic heterocycles. The van der Waals surface area contributed by atoms with Crippen LogP contribution in [0.4, 0.5) is 0 Å². The van der Waals surface area contributed by atoms with Gasteiger partial charge in [0, 0.05) is 22.7 Å². The van der Waals surface area contributed by atoms with Crippen LogP contribution in [0.2, 0.25) is 0 Å². The standard InChI is InChI=1S/C17H16N2O/c1-11(2)12-6-7-15-13(9-12)14(10-20)17(19-15)16-5-3-4-8-18-16/h3-11,19H,1-2H3. The molecule has 3 heteroatoms. The van der Waals surface area contributed by atoms with Crippen LogP contribution in [0.25, 0.3) is 22.3 Å². The minimum atomic E-state index is 0.437. The summed E-state index contributed by atoms with van der Waals surface area (Å²) in [6, 6.07) is 11.9. The monoisotopic (exact) mass is 264 g/mol. The number of carbonyl (C=O) groups is 1. The SMILES string of the molecule is CC(C)c1ccc2[nH]c(-c3ccccn3)c(C=O)c2c1. The van der Waals surface area contributed by atoms with E-state index in [2.05, 4.69) is 35.9 Å². The third-order valence-corrected chi connectivity index (χ3v) is 3.57. The highest BCUT2D eigenvalue weighted by molar-refractivity contribution is 6.04. The molecule has 0 aliphatic carbocycles. The molecule has 3 aromatic rings. The van der Waals surface area contributed by atoms with Gasteiger partial charge in [0.1, 0.15) is 0 Å². The average molecular weight is 264 g/mol. The first-order valence-electron chi connectivity index (χ1n) is 6.73. The molecule has 0 saturated carbocycles. The Kier molecular flexibility index (Phi) is 3.11. The highest BCUT2D eigenvalue weighted by Gasteiger charge is 2.14. The van der Waals surface area contributed by atoms with E-state index in [1.807, 2.05) is 24.3 Å². The highest BCUT2D eigenvalue weighted by atomic mass is 16.1. The summed E-state index contributed by atoms with van der Waals surface area (Å²) >= 11 is 0. The van der Waals surface area contributed by atoms with Gasteiger partial charge >= 0.3 is 0 Å². The largest absolute Gasteiger partial charge is 0.353 e. The topological polar surface area (TPSA) is 45.8 Å². The summed E-state index contributed by atoms with van der Waals surface area (Å²) in [7, 11) is 0. The minimum Gasteiger partial charge on any atom is -0.353 e. The number of aromatic amines is 1. The summed E-state index contributed by atoms with van der Waals surface area (Å²) in [6.45, 7) is 4.29. The molecule has 20 heavy (non-hydrogen) atoms. The number of hydrogen-bond acceptors (Lipinski definition) is 2. The first-order chi connectivity index (χ1) is 9.70. The molecule has 0 bridgehead atoms. The van der Waals surface area contributed by atoms with Crippen molar-refractivity contribution in [1.82, 2.24) is 9.97 Å². The zero-order valence-corrected chi connectivity index (χ0v) is 11.6. The summed E-state index contributed by atoms with van der Waals surface area (Å²) < 4.78 is 0. The molecular formula is C17H16N2O. The van der Waals surface area contributed by atoms with E-state index in [4.69, 9.17) is 0 Å². The van der Waals surface area contributed by atoms with Gasteiger partial charge in [0.05, 0.1) is 11.4 Å². The number of aldehydes is 1. The number of nitrogens with zero attached hydrogens (tertiary/aromatic N) is 1. The quantitative estimate of drug-likeness (QED) is 0.722. The molecule has 0 spiro atoms. The molecule has 3 rings (SSSR count). The van der Waals surface area contributed by atoms with Crippen LogP contribution in [0, 0.1) is 0 Å². The van der Waals surface area contributed by atoms with Crippen molar-refractivity contribution in [3.63, 3.8) is 0 Å². The van der Waals surface area contributed by atoms with Crippen LogP contribution in [0.1, 0.15) is 35.7 Å². The van der Waals surface area contributed by atoms with Gasteiger partial charge in [-0.05, 0) is 35.7 Å². The van der Waals surface area contributed by atoms with Gasteiger partial charge in [-0.25, -0.2) is 0 Å². The van der Waals surface area contributed by atoms with Gasteiger partial charge in [-0.2, -0.15) is 0 Å². The molecule has 0 fully saturated rings. The summed E-state index contributed by atoms with van der Waals surface area (Å²) in [5, 5.41) is 0.965. The molecular weight excluding hydrogens is 248 g/mol. The Balaban J connectivity index is 2.27. The summed E-state index contributed by atoms with van der Waals surface area (Å²) in [5.41, 5.74) is 4.46. The highest BCUT2D eigenvalue weighted by Crippen LogP contribution is 2.30. The average Bonchev–Trinajstić information content (AvgIpc) is 2.85. The van der Waals surface area contributed by atoms with Crippen LogP contribution in [0.15, 0.2) is 42.6 Å². The van der Waals surface area contributed by atoms with Crippen LogP contribution < -0.4 is 0 Å². The zero-order valence-electron chi connectivity index (χ0n) is 11.6. The van der Waals surface area contributed by atoms with Crippen molar-refractivity contribution in [2.75, 3.05) is 0 Å². The van der Waals surface area contributed by atoms with Gasteiger partial charge in [0.25, 0.3) is 0 Å². The van der Waals surface area contributed by atoms with E-state index in [9.17, 15) is 4.79 Å². The number of carbonyl (C=O) groups excluding carboxylic acids is 1. The predicted molar refractivity (Wildman–Crippen MR) is 81.0 cm³/mol. The maximum atomic E-state index is 11.5. The Bertz CT molecular complexity index is 757. The van der Waals surface area contributed by atoms with Gasteiger partial charge in [0.2, 0.25) is 0 Å². The Morgan fingerprint density at radius 2 is 2.05 bits per heavy atom. The lowest BCUT2D eigenvalue weighted by molar-refractivity contribution is 0.112. The van der Waals surface area contributed by atoms with Crippen LogP contribution in [0.5, 0.6) is 0 Å². The van der Waals surface area contributed by atoms with E-state index < -0.39 is 0 Å². The molecule has 100 valence electrons. The fraction of sp³-hybridized carbons (Fsp3) is 0.176. The van der Waals surface area contributed by atoms with Crippen molar-refractivity contribution in [2.24, 2.45) is 0 Å². The lowest BCUT2D eigenvalue weighted by Gasteiger charge is -2.04. The van der Waals surface area contributed by atoms with Crippen LogP contribution in [-0.2, 0) is 0 Å². The van der Waals surface area contributed by atoms with Crippen LogP contribution in [-0.4, -0.2) is 16.3 Å². The molecule has 0 aliphatic rings. The number of nitrogens with one attached hydrogen (secondary N) is 1. The van der Waals surface area contributed by atoms with E-state index >= 15 is 0 Å². The number of H-pyrrole nitrogens is 1. The Morgan fingerprint density at radius 1 is 1.20 bits per heavy atom. The second kappa shape index (κ2) is 4.93. The molecule has 1 aromatic carbocycles. The number of pyridine rings is 1. The van der Waals surface area contributed by atoms with Crippen molar-refractivity contribution in [3.8, 4) is 11.4 Å². The first-order valence-corrected chi connectivity index (χ1v) is 6.73. The van der Waals surface area contributed by atoms with Crippen molar-refractivity contribution < 1.29 is 4.79 Å². The Morgan fingerprint density at radius 3 is 2.70 bits per heavy atom. The first kappa shape index (κ1) is 12.6. The third-order valence-electron chi connectivity index (χ3n) is 3.57.